The fourth-order valence-electron chi connectivity index (χ4n) is 4.13. The number of rotatable bonds is 5. The van der Waals surface area contributed by atoms with Crippen LogP contribution in [0.2, 0.25) is 0 Å². The highest BCUT2D eigenvalue weighted by molar-refractivity contribution is 5.88. The molecule has 5 heteroatoms. The van der Waals surface area contributed by atoms with Crippen LogP contribution >= 0.6 is 0 Å². The quantitative estimate of drug-likeness (QED) is 0.870. The van der Waals surface area contributed by atoms with Crippen molar-refractivity contribution >= 4 is 11.9 Å². The Hall–Kier alpha value is -1.88. The van der Waals surface area contributed by atoms with Gasteiger partial charge in [-0.3, -0.25) is 14.5 Å². The molecule has 1 heterocycles. The number of likely N-dealkylation sites (tertiary alicyclic amines) is 1. The fraction of sp³-hybridized carbons (Fsp3) is 0.556. The summed E-state index contributed by atoms with van der Waals surface area (Å²) in [5.74, 6) is -0.721. The minimum absolute atomic E-state index is 0.0783. The molecule has 0 bridgehead atoms. The Kier molecular flexibility index (Phi) is 4.39. The predicted molar refractivity (Wildman–Crippen MR) is 86.7 cm³/mol. The number of amides is 1. The van der Waals surface area contributed by atoms with Crippen molar-refractivity contribution in [2.24, 2.45) is 11.3 Å². The summed E-state index contributed by atoms with van der Waals surface area (Å²) in [6.45, 7) is 4.02. The summed E-state index contributed by atoms with van der Waals surface area (Å²) in [6.07, 6.45) is 2.97. The maximum atomic E-state index is 12.8. The summed E-state index contributed by atoms with van der Waals surface area (Å²) < 4.78 is 0. The van der Waals surface area contributed by atoms with Gasteiger partial charge in [0.2, 0.25) is 5.91 Å². The molecule has 0 radical (unpaired) electrons. The maximum Gasteiger partial charge on any atom is 0.325 e. The Morgan fingerprint density at radius 2 is 2.13 bits per heavy atom. The number of nitrogens with one attached hydrogen (secondary N) is 1. The maximum absolute atomic E-state index is 12.8. The molecule has 1 aliphatic carbocycles. The summed E-state index contributed by atoms with van der Waals surface area (Å²) in [4.78, 5) is 26.1. The highest BCUT2D eigenvalue weighted by Gasteiger charge is 2.54. The normalized spacial score (nSPS) is 28.3. The monoisotopic (exact) mass is 316 g/mol. The van der Waals surface area contributed by atoms with Gasteiger partial charge in [-0.15, -0.1) is 0 Å². The van der Waals surface area contributed by atoms with Crippen LogP contribution in [-0.4, -0.2) is 41.0 Å². The largest absolute Gasteiger partial charge is 0.480 e. The van der Waals surface area contributed by atoms with E-state index in [1.807, 2.05) is 18.2 Å². The molecule has 0 unspecified atom stereocenters. The number of fused-ring (bicyclic) bond motifs is 1. The molecular formula is C18H24N2O3. The Morgan fingerprint density at radius 1 is 1.39 bits per heavy atom. The molecular weight excluding hydrogens is 292 g/mol. The molecule has 124 valence electrons. The van der Waals surface area contributed by atoms with Gasteiger partial charge in [-0.1, -0.05) is 36.8 Å². The lowest BCUT2D eigenvalue weighted by atomic mass is 9.79. The Labute approximate surface area is 136 Å². The van der Waals surface area contributed by atoms with Crippen LogP contribution in [0.3, 0.4) is 0 Å². The van der Waals surface area contributed by atoms with Crippen molar-refractivity contribution in [1.29, 1.82) is 0 Å². The number of carboxylic acids is 1. The van der Waals surface area contributed by atoms with Crippen molar-refractivity contribution in [2.45, 2.75) is 38.8 Å². The SMILES string of the molecule is C[C@@H](NC(=O)[C@@]12CCC[C@@H]1CN(Cc1ccccc1)C2)C(=O)O. The first-order valence-electron chi connectivity index (χ1n) is 8.31. The first kappa shape index (κ1) is 16.0. The van der Waals surface area contributed by atoms with Crippen molar-refractivity contribution in [2.75, 3.05) is 13.1 Å². The van der Waals surface area contributed by atoms with E-state index in [1.165, 1.54) is 12.5 Å². The third-order valence-corrected chi connectivity index (χ3v) is 5.36. The summed E-state index contributed by atoms with van der Waals surface area (Å²) >= 11 is 0. The smallest absolute Gasteiger partial charge is 0.325 e. The van der Waals surface area contributed by atoms with E-state index in [-0.39, 0.29) is 5.91 Å². The van der Waals surface area contributed by atoms with E-state index in [9.17, 15) is 9.59 Å². The summed E-state index contributed by atoms with van der Waals surface area (Å²) in [7, 11) is 0. The molecule has 1 aromatic rings. The standard InChI is InChI=1S/C18H24N2O3/c1-13(16(21)22)19-17(23)18-9-5-8-15(18)11-20(12-18)10-14-6-3-2-4-7-14/h2-4,6-7,13,15H,5,8-12H2,1H3,(H,19,23)(H,21,22)/t13-,15-,18-/m1/s1. The van der Waals surface area contributed by atoms with E-state index in [1.54, 1.807) is 0 Å². The average molecular weight is 316 g/mol. The zero-order valence-electron chi connectivity index (χ0n) is 13.5. The molecule has 5 nitrogen and oxygen atoms in total. The predicted octanol–water partition coefficient (Wildman–Crippen LogP) is 1.88. The molecule has 1 saturated carbocycles. The van der Waals surface area contributed by atoms with E-state index < -0.39 is 17.4 Å². The lowest BCUT2D eigenvalue weighted by Crippen LogP contribution is -2.49. The molecule has 2 fully saturated rings. The van der Waals surface area contributed by atoms with E-state index in [4.69, 9.17) is 5.11 Å². The van der Waals surface area contributed by atoms with E-state index in [2.05, 4.69) is 22.3 Å². The highest BCUT2D eigenvalue weighted by atomic mass is 16.4. The Morgan fingerprint density at radius 3 is 2.83 bits per heavy atom. The van der Waals surface area contributed by atoms with Gasteiger partial charge in [0, 0.05) is 19.6 Å². The Balaban J connectivity index is 1.70. The van der Waals surface area contributed by atoms with Crippen LogP contribution in [0, 0.1) is 11.3 Å². The molecule has 0 spiro atoms. The van der Waals surface area contributed by atoms with Gasteiger partial charge >= 0.3 is 5.97 Å². The van der Waals surface area contributed by atoms with Gasteiger partial charge in [-0.2, -0.15) is 0 Å². The van der Waals surface area contributed by atoms with Gasteiger partial charge < -0.3 is 10.4 Å². The first-order valence-corrected chi connectivity index (χ1v) is 8.31. The topological polar surface area (TPSA) is 69.6 Å². The average Bonchev–Trinajstić information content (AvgIpc) is 3.05. The second-order valence-corrected chi connectivity index (χ2v) is 6.93. The zero-order valence-corrected chi connectivity index (χ0v) is 13.5. The van der Waals surface area contributed by atoms with Crippen molar-refractivity contribution in [3.63, 3.8) is 0 Å². The third kappa shape index (κ3) is 3.11. The van der Waals surface area contributed by atoms with Crippen molar-refractivity contribution < 1.29 is 14.7 Å². The second-order valence-electron chi connectivity index (χ2n) is 6.93. The molecule has 2 aliphatic rings. The Bertz CT molecular complexity index is 589. The van der Waals surface area contributed by atoms with Gasteiger partial charge in [-0.05, 0) is 31.2 Å². The number of aliphatic carboxylic acids is 1. The molecule has 1 aliphatic heterocycles. The summed E-state index contributed by atoms with van der Waals surface area (Å²) in [5, 5.41) is 11.7. The fourth-order valence-corrected chi connectivity index (χ4v) is 4.13. The lowest BCUT2D eigenvalue weighted by molar-refractivity contribution is -0.143. The van der Waals surface area contributed by atoms with Crippen LogP contribution in [0.5, 0.6) is 0 Å². The first-order chi connectivity index (χ1) is 11.0. The number of hydrogen-bond acceptors (Lipinski definition) is 3. The zero-order chi connectivity index (χ0) is 16.4. The summed E-state index contributed by atoms with van der Waals surface area (Å²) in [5.41, 5.74) is 0.848. The van der Waals surface area contributed by atoms with Gasteiger partial charge in [0.05, 0.1) is 5.41 Å². The van der Waals surface area contributed by atoms with Gasteiger partial charge in [0.1, 0.15) is 6.04 Å². The molecule has 3 rings (SSSR count). The van der Waals surface area contributed by atoms with E-state index in [0.717, 1.165) is 38.9 Å². The van der Waals surface area contributed by atoms with Gasteiger partial charge in [0.15, 0.2) is 0 Å². The van der Waals surface area contributed by atoms with Crippen molar-refractivity contribution in [3.05, 3.63) is 35.9 Å². The molecule has 3 atom stereocenters. The molecule has 1 aromatic carbocycles. The number of benzene rings is 1. The van der Waals surface area contributed by atoms with E-state index >= 15 is 0 Å². The van der Waals surface area contributed by atoms with Crippen molar-refractivity contribution in [3.8, 4) is 0 Å². The van der Waals surface area contributed by atoms with E-state index in [0.29, 0.717) is 5.92 Å². The number of carbonyl (C=O) groups is 2. The van der Waals surface area contributed by atoms with Crippen LogP contribution in [0.25, 0.3) is 0 Å². The van der Waals surface area contributed by atoms with Crippen LogP contribution in [0.4, 0.5) is 0 Å². The molecule has 0 aromatic heterocycles. The van der Waals surface area contributed by atoms with Crippen LogP contribution in [-0.2, 0) is 16.1 Å². The van der Waals surface area contributed by atoms with Crippen LogP contribution in [0.15, 0.2) is 30.3 Å². The number of carboxylic acid groups (broad SMARTS) is 1. The highest BCUT2D eigenvalue weighted by Crippen LogP contribution is 2.49. The third-order valence-electron chi connectivity index (χ3n) is 5.36. The number of nitrogens with zero attached hydrogens (tertiary/aromatic N) is 1. The van der Waals surface area contributed by atoms with Crippen LogP contribution < -0.4 is 5.32 Å². The molecule has 2 N–H and O–H groups in total. The second kappa shape index (κ2) is 6.32. The lowest BCUT2D eigenvalue weighted by Gasteiger charge is -2.28. The minimum Gasteiger partial charge on any atom is -0.480 e. The summed E-state index contributed by atoms with van der Waals surface area (Å²) in [6, 6.07) is 9.44. The molecule has 1 amide bonds. The number of carbonyl (C=O) groups excluding carboxylic acids is 1. The van der Waals surface area contributed by atoms with Gasteiger partial charge in [0.25, 0.3) is 0 Å². The number of hydrogen-bond donors (Lipinski definition) is 2. The van der Waals surface area contributed by atoms with Crippen molar-refractivity contribution in [1.82, 2.24) is 10.2 Å². The molecule has 23 heavy (non-hydrogen) atoms. The van der Waals surface area contributed by atoms with Gasteiger partial charge in [-0.25, -0.2) is 0 Å². The van der Waals surface area contributed by atoms with Crippen LogP contribution in [0.1, 0.15) is 31.7 Å². The minimum atomic E-state index is -0.983. The molecule has 1 saturated heterocycles.